The Morgan fingerprint density at radius 1 is 1.13 bits per heavy atom. The molecule has 0 radical (unpaired) electrons. The highest BCUT2D eigenvalue weighted by atomic mass is 19.4. The number of benzene rings is 1. The third-order valence-corrected chi connectivity index (χ3v) is 4.11. The van der Waals surface area contributed by atoms with Gasteiger partial charge in [0.2, 0.25) is 0 Å². The number of alkyl halides is 3. The van der Waals surface area contributed by atoms with Gasteiger partial charge >= 0.3 is 12.3 Å². The zero-order valence-corrected chi connectivity index (χ0v) is 18.5. The van der Waals surface area contributed by atoms with Gasteiger partial charge in [-0.15, -0.1) is 0 Å². The Bertz CT molecular complexity index is 679. The normalized spacial score (nSPS) is 13.1. The fourth-order valence-electron chi connectivity index (χ4n) is 2.77. The van der Waals surface area contributed by atoms with Crippen LogP contribution in [0, 0.1) is 5.92 Å². The van der Waals surface area contributed by atoms with Gasteiger partial charge in [0.15, 0.2) is 5.96 Å². The average molecular weight is 447 g/mol. The molecule has 0 saturated carbocycles. The minimum Gasteiger partial charge on any atom is -0.450 e. The number of rotatable bonds is 11. The Labute approximate surface area is 181 Å². The van der Waals surface area contributed by atoms with Crippen LogP contribution in [0.1, 0.15) is 38.3 Å². The van der Waals surface area contributed by atoms with Crippen LogP contribution in [0.15, 0.2) is 29.3 Å². The lowest BCUT2D eigenvalue weighted by Crippen LogP contribution is -2.47. The molecule has 31 heavy (non-hydrogen) atoms. The molecule has 1 rings (SSSR count). The molecule has 0 aliphatic carbocycles. The fourth-order valence-corrected chi connectivity index (χ4v) is 2.77. The highest BCUT2D eigenvalue weighted by Gasteiger charge is 2.27. The van der Waals surface area contributed by atoms with Crippen molar-refractivity contribution in [3.8, 4) is 0 Å². The zero-order valence-electron chi connectivity index (χ0n) is 18.5. The smallest absolute Gasteiger partial charge is 0.411 e. The van der Waals surface area contributed by atoms with E-state index in [0.29, 0.717) is 37.1 Å². The van der Waals surface area contributed by atoms with E-state index in [9.17, 15) is 18.0 Å². The lowest BCUT2D eigenvalue weighted by Gasteiger charge is -2.22. The van der Waals surface area contributed by atoms with Crippen molar-refractivity contribution in [2.45, 2.75) is 52.6 Å². The highest BCUT2D eigenvalue weighted by molar-refractivity contribution is 5.79. The van der Waals surface area contributed by atoms with Crippen LogP contribution < -0.4 is 16.0 Å². The van der Waals surface area contributed by atoms with Crippen LogP contribution in [0.3, 0.4) is 0 Å². The number of hydrogen-bond donors (Lipinski definition) is 3. The van der Waals surface area contributed by atoms with E-state index in [1.165, 1.54) is 0 Å². The molecule has 1 aromatic carbocycles. The second-order valence-electron chi connectivity index (χ2n) is 7.42. The van der Waals surface area contributed by atoms with E-state index in [4.69, 9.17) is 4.74 Å². The second kappa shape index (κ2) is 13.7. The number of nitrogens with zero attached hydrogens (tertiary/aromatic N) is 1. The molecular formula is C21H33F3N4O3. The molecule has 0 aliphatic heterocycles. The second-order valence-corrected chi connectivity index (χ2v) is 7.42. The Morgan fingerprint density at radius 2 is 1.77 bits per heavy atom. The number of aliphatic imine (C=N–C) groups is 1. The van der Waals surface area contributed by atoms with E-state index in [-0.39, 0.29) is 12.6 Å². The van der Waals surface area contributed by atoms with Crippen LogP contribution in [-0.4, -0.2) is 51.1 Å². The van der Waals surface area contributed by atoms with Crippen LogP contribution in [-0.2, 0) is 22.6 Å². The molecule has 0 fully saturated rings. The van der Waals surface area contributed by atoms with Gasteiger partial charge in [-0.2, -0.15) is 13.2 Å². The van der Waals surface area contributed by atoms with E-state index >= 15 is 0 Å². The summed E-state index contributed by atoms with van der Waals surface area (Å²) in [5.41, 5.74) is 1.60. The largest absolute Gasteiger partial charge is 0.450 e. The van der Waals surface area contributed by atoms with E-state index < -0.39 is 18.9 Å². The van der Waals surface area contributed by atoms with Gasteiger partial charge in [-0.3, -0.25) is 4.99 Å². The summed E-state index contributed by atoms with van der Waals surface area (Å²) in [7, 11) is 1.65. The summed E-state index contributed by atoms with van der Waals surface area (Å²) in [5, 5.41) is 9.20. The van der Waals surface area contributed by atoms with E-state index in [2.05, 4.69) is 39.5 Å². The molecule has 0 aromatic heterocycles. The molecule has 10 heteroatoms. The lowest BCUT2D eigenvalue weighted by atomic mass is 10.0. The van der Waals surface area contributed by atoms with Gasteiger partial charge in [0.25, 0.3) is 0 Å². The molecule has 0 saturated heterocycles. The number of amides is 1. The van der Waals surface area contributed by atoms with Crippen molar-refractivity contribution >= 4 is 12.1 Å². The fraction of sp³-hybridized carbons (Fsp3) is 0.619. The molecule has 1 amide bonds. The van der Waals surface area contributed by atoms with E-state index in [0.717, 1.165) is 12.0 Å². The molecule has 176 valence electrons. The van der Waals surface area contributed by atoms with E-state index in [1.807, 2.05) is 12.1 Å². The molecule has 1 aromatic rings. The standard InChI is InChI=1S/C21H33F3N4O3/c1-5-31-20(29)28-18(10-15(2)3)12-27-19(25-4)26-11-16-6-8-17(9-7-16)13-30-14-21(22,23)24/h6-9,15,18H,5,10-14H2,1-4H3,(H,28,29)(H2,25,26,27). The van der Waals surface area contributed by atoms with Gasteiger partial charge in [-0.1, -0.05) is 38.1 Å². The predicted octanol–water partition coefficient (Wildman–Crippen LogP) is 3.59. The Balaban J connectivity index is 2.48. The summed E-state index contributed by atoms with van der Waals surface area (Å²) in [6, 6.07) is 6.97. The average Bonchev–Trinajstić information content (AvgIpc) is 2.67. The van der Waals surface area contributed by atoms with Gasteiger partial charge in [0, 0.05) is 26.2 Å². The van der Waals surface area contributed by atoms with E-state index in [1.54, 1.807) is 26.1 Å². The molecule has 0 spiro atoms. The number of guanidine groups is 1. The zero-order chi connectivity index (χ0) is 23.3. The minimum atomic E-state index is -4.33. The topological polar surface area (TPSA) is 84.0 Å². The van der Waals surface area contributed by atoms with Crippen molar-refractivity contribution in [2.75, 3.05) is 26.8 Å². The summed E-state index contributed by atoms with van der Waals surface area (Å²) < 4.78 is 46.0. The first-order valence-corrected chi connectivity index (χ1v) is 10.2. The Hall–Kier alpha value is -2.49. The number of alkyl carbamates (subject to hydrolysis) is 1. The summed E-state index contributed by atoms with van der Waals surface area (Å²) in [6.07, 6.45) is -4.00. The van der Waals surface area contributed by atoms with Crippen molar-refractivity contribution in [1.82, 2.24) is 16.0 Å². The first-order valence-electron chi connectivity index (χ1n) is 10.2. The third-order valence-electron chi connectivity index (χ3n) is 4.11. The molecule has 1 atom stereocenters. The Kier molecular flexibility index (Phi) is 11.8. The molecule has 1 unspecified atom stereocenters. The monoisotopic (exact) mass is 446 g/mol. The molecule has 0 aliphatic rings. The van der Waals surface area contributed by atoms with Crippen LogP contribution in [0.25, 0.3) is 0 Å². The third kappa shape index (κ3) is 12.7. The summed E-state index contributed by atoms with van der Waals surface area (Å²) in [6.45, 7) is 5.81. The molecular weight excluding hydrogens is 413 g/mol. The first-order chi connectivity index (χ1) is 14.6. The van der Waals surface area contributed by atoms with Gasteiger partial charge in [0.1, 0.15) is 6.61 Å². The lowest BCUT2D eigenvalue weighted by molar-refractivity contribution is -0.176. The van der Waals surface area contributed by atoms with Crippen molar-refractivity contribution in [3.05, 3.63) is 35.4 Å². The van der Waals surface area contributed by atoms with Crippen LogP contribution in [0.2, 0.25) is 0 Å². The van der Waals surface area contributed by atoms with Gasteiger partial charge in [-0.05, 0) is 30.4 Å². The molecule has 7 nitrogen and oxygen atoms in total. The maximum absolute atomic E-state index is 12.1. The van der Waals surface area contributed by atoms with Crippen molar-refractivity contribution in [1.29, 1.82) is 0 Å². The van der Waals surface area contributed by atoms with Crippen LogP contribution in [0.4, 0.5) is 18.0 Å². The maximum atomic E-state index is 12.1. The van der Waals surface area contributed by atoms with Gasteiger partial charge in [-0.25, -0.2) is 4.79 Å². The number of ether oxygens (including phenoxy) is 2. The SMILES string of the molecule is CCOC(=O)NC(CNC(=NC)NCc1ccc(COCC(F)(F)F)cc1)CC(C)C. The van der Waals surface area contributed by atoms with Gasteiger partial charge in [0.05, 0.1) is 13.2 Å². The highest BCUT2D eigenvalue weighted by Crippen LogP contribution is 2.15. The number of nitrogens with one attached hydrogen (secondary N) is 3. The minimum absolute atomic E-state index is 0.0961. The van der Waals surface area contributed by atoms with Crippen LogP contribution >= 0.6 is 0 Å². The summed E-state index contributed by atoms with van der Waals surface area (Å²) in [5.74, 6) is 0.958. The summed E-state index contributed by atoms with van der Waals surface area (Å²) in [4.78, 5) is 15.9. The number of carbonyl (C=O) groups excluding carboxylic acids is 1. The number of carbonyl (C=O) groups is 1. The number of hydrogen-bond acceptors (Lipinski definition) is 4. The van der Waals surface area contributed by atoms with Crippen molar-refractivity contribution in [2.24, 2.45) is 10.9 Å². The first kappa shape index (κ1) is 26.5. The quantitative estimate of drug-likeness (QED) is 0.357. The number of halogens is 3. The van der Waals surface area contributed by atoms with Crippen LogP contribution in [0.5, 0.6) is 0 Å². The van der Waals surface area contributed by atoms with Crippen molar-refractivity contribution < 1.29 is 27.4 Å². The van der Waals surface area contributed by atoms with Crippen molar-refractivity contribution in [3.63, 3.8) is 0 Å². The predicted molar refractivity (Wildman–Crippen MR) is 114 cm³/mol. The molecule has 3 N–H and O–H groups in total. The molecule has 0 bridgehead atoms. The molecule has 0 heterocycles. The Morgan fingerprint density at radius 3 is 2.32 bits per heavy atom. The summed E-state index contributed by atoms with van der Waals surface area (Å²) >= 11 is 0. The van der Waals surface area contributed by atoms with Gasteiger partial charge < -0.3 is 25.4 Å². The maximum Gasteiger partial charge on any atom is 0.411 e.